The highest BCUT2D eigenvalue weighted by Gasteiger charge is 2.10. The largest absolute Gasteiger partial charge is 0.325 e. The monoisotopic (exact) mass is 191 g/mol. The molecule has 1 unspecified atom stereocenters. The lowest BCUT2D eigenvalue weighted by Gasteiger charge is -2.09. The summed E-state index contributed by atoms with van der Waals surface area (Å²) in [5.41, 5.74) is 6.28. The van der Waals surface area contributed by atoms with E-state index in [0.717, 1.165) is 0 Å². The molecule has 0 fully saturated rings. The third-order valence-electron chi connectivity index (χ3n) is 1.71. The number of hydrogen-bond donors (Lipinski definition) is 2. The quantitative estimate of drug-likeness (QED) is 0.695. The second-order valence-electron chi connectivity index (χ2n) is 2.86. The standard InChI is InChI=1S/C10H13N3O/c1-2-3-9(11)10(14)13-8-4-6-12-7-5-8/h2,4-7,9H,1,3,11H2,(H,12,13,14). The normalized spacial score (nSPS) is 11.8. The minimum atomic E-state index is -0.541. The number of aromatic nitrogens is 1. The van der Waals surface area contributed by atoms with Gasteiger partial charge in [0.2, 0.25) is 5.91 Å². The fourth-order valence-corrected chi connectivity index (χ4v) is 0.957. The average Bonchev–Trinajstić information content (AvgIpc) is 2.19. The van der Waals surface area contributed by atoms with Crippen LogP contribution in [0.25, 0.3) is 0 Å². The average molecular weight is 191 g/mol. The second kappa shape index (κ2) is 5.14. The van der Waals surface area contributed by atoms with E-state index in [2.05, 4.69) is 16.9 Å². The Bertz CT molecular complexity index is 310. The Balaban J connectivity index is 2.53. The summed E-state index contributed by atoms with van der Waals surface area (Å²) < 4.78 is 0. The zero-order valence-electron chi connectivity index (χ0n) is 7.81. The van der Waals surface area contributed by atoms with Gasteiger partial charge >= 0.3 is 0 Å². The van der Waals surface area contributed by atoms with Crippen molar-refractivity contribution in [1.29, 1.82) is 0 Å². The molecular weight excluding hydrogens is 178 g/mol. The van der Waals surface area contributed by atoms with Crippen LogP contribution in [0, 0.1) is 0 Å². The summed E-state index contributed by atoms with van der Waals surface area (Å²) in [5.74, 6) is -0.212. The molecule has 0 aromatic carbocycles. The maximum Gasteiger partial charge on any atom is 0.241 e. The summed E-state index contributed by atoms with van der Waals surface area (Å²) in [6.07, 6.45) is 5.30. The highest BCUT2D eigenvalue weighted by Crippen LogP contribution is 2.04. The summed E-state index contributed by atoms with van der Waals surface area (Å²) in [6.45, 7) is 3.52. The van der Waals surface area contributed by atoms with Crippen molar-refractivity contribution >= 4 is 11.6 Å². The van der Waals surface area contributed by atoms with Crippen LogP contribution in [0.1, 0.15) is 6.42 Å². The number of carbonyl (C=O) groups is 1. The molecule has 0 aliphatic carbocycles. The number of hydrogen-bond acceptors (Lipinski definition) is 3. The summed E-state index contributed by atoms with van der Waals surface area (Å²) in [7, 11) is 0. The van der Waals surface area contributed by atoms with Gasteiger partial charge in [0.15, 0.2) is 0 Å². The van der Waals surface area contributed by atoms with Crippen LogP contribution in [-0.2, 0) is 4.79 Å². The molecule has 0 aliphatic heterocycles. The van der Waals surface area contributed by atoms with Gasteiger partial charge in [-0.25, -0.2) is 0 Å². The van der Waals surface area contributed by atoms with Crippen molar-refractivity contribution in [3.63, 3.8) is 0 Å². The molecular formula is C10H13N3O. The van der Waals surface area contributed by atoms with E-state index in [4.69, 9.17) is 5.73 Å². The van der Waals surface area contributed by atoms with Gasteiger partial charge in [-0.05, 0) is 18.6 Å². The third-order valence-corrected chi connectivity index (χ3v) is 1.71. The van der Waals surface area contributed by atoms with Crippen molar-refractivity contribution in [2.75, 3.05) is 5.32 Å². The predicted molar refractivity (Wildman–Crippen MR) is 55.7 cm³/mol. The molecule has 1 amide bonds. The summed E-state index contributed by atoms with van der Waals surface area (Å²) >= 11 is 0. The van der Waals surface area contributed by atoms with E-state index in [9.17, 15) is 4.79 Å². The number of amides is 1. The maximum absolute atomic E-state index is 11.4. The Kier molecular flexibility index (Phi) is 3.82. The number of carbonyl (C=O) groups excluding carboxylic acids is 1. The zero-order chi connectivity index (χ0) is 10.4. The van der Waals surface area contributed by atoms with Gasteiger partial charge < -0.3 is 11.1 Å². The van der Waals surface area contributed by atoms with Crippen LogP contribution in [0.15, 0.2) is 37.2 Å². The smallest absolute Gasteiger partial charge is 0.241 e. The highest BCUT2D eigenvalue weighted by molar-refractivity contribution is 5.94. The number of nitrogens with zero attached hydrogens (tertiary/aromatic N) is 1. The number of nitrogens with two attached hydrogens (primary N) is 1. The van der Waals surface area contributed by atoms with E-state index in [1.165, 1.54) is 0 Å². The molecule has 0 spiro atoms. The predicted octanol–water partition coefficient (Wildman–Crippen LogP) is 0.923. The fraction of sp³-hybridized carbons (Fsp3) is 0.200. The van der Waals surface area contributed by atoms with Gasteiger partial charge in [-0.3, -0.25) is 9.78 Å². The first-order chi connectivity index (χ1) is 6.74. The Morgan fingerprint density at radius 1 is 1.64 bits per heavy atom. The van der Waals surface area contributed by atoms with Crippen LogP contribution in [0.3, 0.4) is 0 Å². The van der Waals surface area contributed by atoms with Crippen molar-refractivity contribution in [2.24, 2.45) is 5.73 Å². The number of pyridine rings is 1. The van der Waals surface area contributed by atoms with Crippen LogP contribution < -0.4 is 11.1 Å². The molecule has 0 saturated heterocycles. The summed E-state index contributed by atoms with van der Waals surface area (Å²) in [5, 5.41) is 2.67. The van der Waals surface area contributed by atoms with Gasteiger partial charge in [0.25, 0.3) is 0 Å². The van der Waals surface area contributed by atoms with Crippen molar-refractivity contribution < 1.29 is 4.79 Å². The van der Waals surface area contributed by atoms with Crippen LogP contribution in [0.2, 0.25) is 0 Å². The SMILES string of the molecule is C=CCC(N)C(=O)Nc1ccncc1. The van der Waals surface area contributed by atoms with Gasteiger partial charge in [-0.15, -0.1) is 6.58 Å². The van der Waals surface area contributed by atoms with E-state index in [1.807, 2.05) is 0 Å². The lowest BCUT2D eigenvalue weighted by atomic mass is 10.2. The third kappa shape index (κ3) is 2.99. The van der Waals surface area contributed by atoms with Crippen molar-refractivity contribution in [3.8, 4) is 0 Å². The van der Waals surface area contributed by atoms with E-state index >= 15 is 0 Å². The van der Waals surface area contributed by atoms with Gasteiger partial charge in [-0.1, -0.05) is 6.08 Å². The molecule has 1 atom stereocenters. The number of rotatable bonds is 4. The molecule has 1 aromatic rings. The first-order valence-electron chi connectivity index (χ1n) is 4.31. The minimum absolute atomic E-state index is 0.212. The molecule has 3 N–H and O–H groups in total. The summed E-state index contributed by atoms with van der Waals surface area (Å²) in [4.78, 5) is 15.2. The maximum atomic E-state index is 11.4. The lowest BCUT2D eigenvalue weighted by Crippen LogP contribution is -2.35. The van der Waals surface area contributed by atoms with E-state index in [0.29, 0.717) is 12.1 Å². The molecule has 1 aromatic heterocycles. The Morgan fingerprint density at radius 2 is 2.29 bits per heavy atom. The molecule has 74 valence electrons. The first kappa shape index (κ1) is 10.4. The van der Waals surface area contributed by atoms with Gasteiger partial charge in [0, 0.05) is 18.1 Å². The topological polar surface area (TPSA) is 68.0 Å². The highest BCUT2D eigenvalue weighted by atomic mass is 16.2. The molecule has 1 rings (SSSR count). The number of nitrogens with one attached hydrogen (secondary N) is 1. The van der Waals surface area contributed by atoms with Crippen LogP contribution in [-0.4, -0.2) is 16.9 Å². The Morgan fingerprint density at radius 3 is 2.86 bits per heavy atom. The van der Waals surface area contributed by atoms with Crippen molar-refractivity contribution in [3.05, 3.63) is 37.2 Å². The number of anilines is 1. The van der Waals surface area contributed by atoms with Gasteiger partial charge in [0.1, 0.15) is 0 Å². The van der Waals surface area contributed by atoms with E-state index in [-0.39, 0.29) is 5.91 Å². The lowest BCUT2D eigenvalue weighted by molar-refractivity contribution is -0.117. The molecule has 0 aliphatic rings. The molecule has 4 heteroatoms. The Hall–Kier alpha value is -1.68. The van der Waals surface area contributed by atoms with Crippen LogP contribution in [0.4, 0.5) is 5.69 Å². The fourth-order valence-electron chi connectivity index (χ4n) is 0.957. The Labute approximate surface area is 82.8 Å². The second-order valence-corrected chi connectivity index (χ2v) is 2.86. The summed E-state index contributed by atoms with van der Waals surface area (Å²) in [6, 6.07) is 2.87. The molecule has 0 saturated carbocycles. The molecule has 4 nitrogen and oxygen atoms in total. The van der Waals surface area contributed by atoms with Crippen molar-refractivity contribution in [2.45, 2.75) is 12.5 Å². The van der Waals surface area contributed by atoms with Crippen LogP contribution in [0.5, 0.6) is 0 Å². The van der Waals surface area contributed by atoms with Crippen LogP contribution >= 0.6 is 0 Å². The molecule has 1 heterocycles. The minimum Gasteiger partial charge on any atom is -0.325 e. The molecule has 0 bridgehead atoms. The van der Waals surface area contributed by atoms with Gasteiger partial charge in [-0.2, -0.15) is 0 Å². The van der Waals surface area contributed by atoms with Crippen molar-refractivity contribution in [1.82, 2.24) is 4.98 Å². The van der Waals surface area contributed by atoms with E-state index in [1.54, 1.807) is 30.6 Å². The first-order valence-corrected chi connectivity index (χ1v) is 4.31. The zero-order valence-corrected chi connectivity index (χ0v) is 7.81. The molecule has 14 heavy (non-hydrogen) atoms. The van der Waals surface area contributed by atoms with E-state index < -0.39 is 6.04 Å². The molecule has 0 radical (unpaired) electrons. The van der Waals surface area contributed by atoms with Gasteiger partial charge in [0.05, 0.1) is 6.04 Å².